The molecule has 174 valence electrons. The first-order chi connectivity index (χ1) is 15.0. The Kier molecular flexibility index (Phi) is 8.65. The molecule has 0 aliphatic heterocycles. The van der Waals surface area contributed by atoms with Crippen LogP contribution in [0, 0.1) is 0 Å². The molecular formula is C23H31N3O5S. The van der Waals surface area contributed by atoms with E-state index in [-0.39, 0.29) is 18.5 Å². The minimum atomic E-state index is -3.72. The molecule has 2 aromatic rings. The highest BCUT2D eigenvalue weighted by Gasteiger charge is 2.30. The number of para-hydroxylation sites is 1. The Morgan fingerprint density at radius 2 is 1.59 bits per heavy atom. The average Bonchev–Trinajstić information content (AvgIpc) is 2.75. The third-order valence-electron chi connectivity index (χ3n) is 4.83. The quantitative estimate of drug-likeness (QED) is 0.586. The standard InChI is InChI=1S/C23H31N3O5S/c1-17(2)24-23(28)18(3)25(15-19-11-13-21(31-4)14-12-19)22(27)16-26(32(5,29)30)20-9-7-6-8-10-20/h6-14,17-18H,15-16H2,1-5H3,(H,24,28). The minimum Gasteiger partial charge on any atom is -0.497 e. The molecule has 9 heteroatoms. The largest absolute Gasteiger partial charge is 0.497 e. The number of hydrogen-bond acceptors (Lipinski definition) is 5. The van der Waals surface area contributed by atoms with Crippen molar-refractivity contribution in [2.75, 3.05) is 24.2 Å². The third kappa shape index (κ3) is 6.98. The molecule has 0 saturated heterocycles. The lowest BCUT2D eigenvalue weighted by molar-refractivity contribution is -0.139. The highest BCUT2D eigenvalue weighted by molar-refractivity contribution is 7.92. The van der Waals surface area contributed by atoms with Gasteiger partial charge in [-0.3, -0.25) is 13.9 Å². The van der Waals surface area contributed by atoms with Crippen LogP contribution in [-0.4, -0.2) is 57.1 Å². The molecule has 32 heavy (non-hydrogen) atoms. The van der Waals surface area contributed by atoms with Gasteiger partial charge in [-0.25, -0.2) is 8.42 Å². The maximum absolute atomic E-state index is 13.3. The molecule has 2 amide bonds. The number of methoxy groups -OCH3 is 1. The first-order valence-corrected chi connectivity index (χ1v) is 12.1. The van der Waals surface area contributed by atoms with Gasteiger partial charge in [-0.05, 0) is 50.6 Å². The molecule has 2 rings (SSSR count). The summed E-state index contributed by atoms with van der Waals surface area (Å²) in [5.74, 6) is -0.126. The van der Waals surface area contributed by atoms with Gasteiger partial charge in [0, 0.05) is 12.6 Å². The van der Waals surface area contributed by atoms with E-state index in [1.165, 1.54) is 4.90 Å². The smallest absolute Gasteiger partial charge is 0.244 e. The van der Waals surface area contributed by atoms with Crippen LogP contribution in [0.2, 0.25) is 0 Å². The third-order valence-corrected chi connectivity index (χ3v) is 5.97. The zero-order valence-corrected chi connectivity index (χ0v) is 19.9. The van der Waals surface area contributed by atoms with Gasteiger partial charge >= 0.3 is 0 Å². The van der Waals surface area contributed by atoms with Gasteiger partial charge in [0.1, 0.15) is 18.3 Å². The van der Waals surface area contributed by atoms with Crippen molar-refractivity contribution in [3.8, 4) is 5.75 Å². The number of anilines is 1. The van der Waals surface area contributed by atoms with Crippen LogP contribution in [0.4, 0.5) is 5.69 Å². The van der Waals surface area contributed by atoms with E-state index in [9.17, 15) is 18.0 Å². The van der Waals surface area contributed by atoms with Gasteiger partial charge in [0.2, 0.25) is 21.8 Å². The highest BCUT2D eigenvalue weighted by Crippen LogP contribution is 2.19. The fourth-order valence-electron chi connectivity index (χ4n) is 3.12. The topological polar surface area (TPSA) is 96.0 Å². The van der Waals surface area contributed by atoms with E-state index < -0.39 is 28.5 Å². The molecule has 0 spiro atoms. The summed E-state index contributed by atoms with van der Waals surface area (Å²) in [6, 6.07) is 14.7. The summed E-state index contributed by atoms with van der Waals surface area (Å²) in [5, 5.41) is 2.81. The zero-order valence-electron chi connectivity index (χ0n) is 19.1. The van der Waals surface area contributed by atoms with Gasteiger partial charge in [0.15, 0.2) is 0 Å². The van der Waals surface area contributed by atoms with Crippen molar-refractivity contribution in [1.82, 2.24) is 10.2 Å². The number of nitrogens with zero attached hydrogens (tertiary/aromatic N) is 2. The second-order valence-corrected chi connectivity index (χ2v) is 9.72. The Hall–Kier alpha value is -3.07. The monoisotopic (exact) mass is 461 g/mol. The first-order valence-electron chi connectivity index (χ1n) is 10.3. The number of ether oxygens (including phenoxy) is 1. The molecule has 1 unspecified atom stereocenters. The molecule has 0 radical (unpaired) electrons. The lowest BCUT2D eigenvalue weighted by atomic mass is 10.1. The van der Waals surface area contributed by atoms with Crippen molar-refractivity contribution in [2.45, 2.75) is 39.4 Å². The summed E-state index contributed by atoms with van der Waals surface area (Å²) in [6.07, 6.45) is 1.05. The molecule has 1 N–H and O–H groups in total. The Morgan fingerprint density at radius 3 is 2.09 bits per heavy atom. The number of amides is 2. The fourth-order valence-corrected chi connectivity index (χ4v) is 3.97. The molecule has 0 bridgehead atoms. The van der Waals surface area contributed by atoms with Crippen molar-refractivity contribution < 1.29 is 22.7 Å². The molecule has 0 aliphatic carbocycles. The molecule has 0 aliphatic rings. The van der Waals surface area contributed by atoms with Crippen LogP contribution in [0.25, 0.3) is 0 Å². The normalized spacial score (nSPS) is 12.2. The van der Waals surface area contributed by atoms with E-state index in [0.717, 1.165) is 16.1 Å². The van der Waals surface area contributed by atoms with Gasteiger partial charge in [-0.15, -0.1) is 0 Å². The van der Waals surface area contributed by atoms with E-state index in [4.69, 9.17) is 4.74 Å². The van der Waals surface area contributed by atoms with Crippen molar-refractivity contribution >= 4 is 27.5 Å². The molecule has 8 nitrogen and oxygen atoms in total. The Balaban J connectivity index is 2.35. The Bertz CT molecular complexity index is 1010. The van der Waals surface area contributed by atoms with Gasteiger partial charge in [-0.2, -0.15) is 0 Å². The van der Waals surface area contributed by atoms with Crippen molar-refractivity contribution in [3.05, 3.63) is 60.2 Å². The second-order valence-electron chi connectivity index (χ2n) is 7.81. The number of benzene rings is 2. The van der Waals surface area contributed by atoms with Gasteiger partial charge in [0.05, 0.1) is 19.1 Å². The fraction of sp³-hybridized carbons (Fsp3) is 0.391. The molecular weight excluding hydrogens is 430 g/mol. The molecule has 0 heterocycles. The summed E-state index contributed by atoms with van der Waals surface area (Å²) in [7, 11) is -2.16. The molecule has 0 aromatic heterocycles. The zero-order chi connectivity index (χ0) is 23.9. The van der Waals surface area contributed by atoms with Crippen LogP contribution in [-0.2, 0) is 26.2 Å². The van der Waals surface area contributed by atoms with E-state index in [2.05, 4.69) is 5.32 Å². The van der Waals surface area contributed by atoms with Crippen molar-refractivity contribution in [3.63, 3.8) is 0 Å². The van der Waals surface area contributed by atoms with E-state index in [1.54, 1.807) is 68.6 Å². The average molecular weight is 462 g/mol. The van der Waals surface area contributed by atoms with E-state index in [1.807, 2.05) is 13.8 Å². The maximum atomic E-state index is 13.3. The lowest BCUT2D eigenvalue weighted by Crippen LogP contribution is -2.52. The van der Waals surface area contributed by atoms with Gasteiger partial charge < -0.3 is 15.0 Å². The van der Waals surface area contributed by atoms with Crippen LogP contribution in [0.1, 0.15) is 26.3 Å². The van der Waals surface area contributed by atoms with Crippen LogP contribution in [0.15, 0.2) is 54.6 Å². The predicted molar refractivity (Wildman–Crippen MR) is 125 cm³/mol. The number of sulfonamides is 1. The number of carbonyl (C=O) groups is 2. The first kappa shape index (κ1) is 25.2. The van der Waals surface area contributed by atoms with Crippen molar-refractivity contribution in [1.29, 1.82) is 0 Å². The minimum absolute atomic E-state index is 0.0975. The summed E-state index contributed by atoms with van der Waals surface area (Å²) >= 11 is 0. The Labute approximate surface area is 190 Å². The van der Waals surface area contributed by atoms with Crippen LogP contribution >= 0.6 is 0 Å². The Morgan fingerprint density at radius 1 is 1.00 bits per heavy atom. The number of rotatable bonds is 10. The predicted octanol–water partition coefficient (Wildman–Crippen LogP) is 2.40. The second kappa shape index (κ2) is 11.0. The molecule has 1 atom stereocenters. The van der Waals surface area contributed by atoms with Crippen molar-refractivity contribution in [2.24, 2.45) is 0 Å². The number of carbonyl (C=O) groups excluding carboxylic acids is 2. The SMILES string of the molecule is COc1ccc(CN(C(=O)CN(c2ccccc2)S(C)(=O)=O)C(C)C(=O)NC(C)C)cc1. The summed E-state index contributed by atoms with van der Waals surface area (Å²) in [5.41, 5.74) is 1.17. The summed E-state index contributed by atoms with van der Waals surface area (Å²) < 4.78 is 31.1. The van der Waals surface area contributed by atoms with Crippen LogP contribution in [0.5, 0.6) is 5.75 Å². The number of hydrogen-bond donors (Lipinski definition) is 1. The van der Waals surface area contributed by atoms with E-state index >= 15 is 0 Å². The van der Waals surface area contributed by atoms with Crippen LogP contribution in [0.3, 0.4) is 0 Å². The summed E-state index contributed by atoms with van der Waals surface area (Å²) in [4.78, 5) is 27.4. The molecule has 0 saturated carbocycles. The van der Waals surface area contributed by atoms with Crippen LogP contribution < -0.4 is 14.4 Å². The van der Waals surface area contributed by atoms with Gasteiger partial charge in [0.25, 0.3) is 0 Å². The molecule has 0 fully saturated rings. The summed E-state index contributed by atoms with van der Waals surface area (Å²) in [6.45, 7) is 5.02. The number of nitrogens with one attached hydrogen (secondary N) is 1. The van der Waals surface area contributed by atoms with Gasteiger partial charge in [-0.1, -0.05) is 30.3 Å². The molecule has 2 aromatic carbocycles. The van der Waals surface area contributed by atoms with E-state index in [0.29, 0.717) is 11.4 Å². The maximum Gasteiger partial charge on any atom is 0.244 e. The highest BCUT2D eigenvalue weighted by atomic mass is 32.2. The lowest BCUT2D eigenvalue weighted by Gasteiger charge is -2.31.